The number of aliphatic hydroxyl groups is 1. The van der Waals surface area contributed by atoms with E-state index in [1.54, 1.807) is 0 Å². The molecule has 1 N–H and O–H groups in total. The Bertz CT molecular complexity index is 181. The van der Waals surface area contributed by atoms with E-state index in [2.05, 4.69) is 20.4 Å². The Morgan fingerprint density at radius 2 is 2.17 bits per heavy atom. The van der Waals surface area contributed by atoms with Crippen molar-refractivity contribution in [3.63, 3.8) is 0 Å². The number of hydrogen-bond donors (Lipinski definition) is 1. The monoisotopic (exact) mass is 168 g/mol. The minimum absolute atomic E-state index is 0.289. The van der Waals surface area contributed by atoms with Crippen LogP contribution in [0, 0.1) is 11.3 Å². The van der Waals surface area contributed by atoms with E-state index in [4.69, 9.17) is 0 Å². The summed E-state index contributed by atoms with van der Waals surface area (Å²) in [6.07, 6.45) is 3.35. The Morgan fingerprint density at radius 3 is 2.50 bits per heavy atom. The maximum absolute atomic E-state index is 9.86. The molecule has 70 valence electrons. The predicted molar refractivity (Wildman–Crippen MR) is 51.9 cm³/mol. The lowest BCUT2D eigenvalue weighted by molar-refractivity contribution is 0.0810. The second-order valence-electron chi connectivity index (χ2n) is 4.78. The van der Waals surface area contributed by atoms with Crippen LogP contribution in [0.3, 0.4) is 0 Å². The topological polar surface area (TPSA) is 20.2 Å². The summed E-state index contributed by atoms with van der Waals surface area (Å²) in [5.74, 6) is 0.426. The lowest BCUT2D eigenvalue weighted by Gasteiger charge is -2.31. The van der Waals surface area contributed by atoms with Crippen molar-refractivity contribution in [2.24, 2.45) is 11.3 Å². The molecule has 0 saturated heterocycles. The molecular formula is C11H20O. The summed E-state index contributed by atoms with van der Waals surface area (Å²) >= 11 is 0. The molecule has 0 heterocycles. The van der Waals surface area contributed by atoms with Gasteiger partial charge in [0.15, 0.2) is 0 Å². The van der Waals surface area contributed by atoms with Gasteiger partial charge in [-0.15, -0.1) is 0 Å². The van der Waals surface area contributed by atoms with E-state index >= 15 is 0 Å². The van der Waals surface area contributed by atoms with Crippen molar-refractivity contribution in [3.8, 4) is 0 Å². The van der Waals surface area contributed by atoms with Crippen LogP contribution in [0.2, 0.25) is 0 Å². The highest BCUT2D eigenvalue weighted by Gasteiger charge is 2.38. The smallest absolute Gasteiger partial charge is 0.0778 e. The Morgan fingerprint density at radius 1 is 1.58 bits per heavy atom. The molecule has 0 aromatic heterocycles. The largest absolute Gasteiger partial charge is 0.388 e. The van der Waals surface area contributed by atoms with Crippen LogP contribution in [0.25, 0.3) is 0 Å². The second kappa shape index (κ2) is 3.21. The minimum atomic E-state index is -0.289. The standard InChI is InChI=1S/C11H20O/c1-8(2)10(12)9-6-5-7-11(9,3)4/h9-10,12H,1,5-7H2,2-4H3. The second-order valence-corrected chi connectivity index (χ2v) is 4.78. The fourth-order valence-corrected chi connectivity index (χ4v) is 2.28. The first kappa shape index (κ1) is 9.79. The number of aliphatic hydroxyl groups excluding tert-OH is 1. The van der Waals surface area contributed by atoms with Gasteiger partial charge in [-0.2, -0.15) is 0 Å². The summed E-state index contributed by atoms with van der Waals surface area (Å²) in [4.78, 5) is 0. The van der Waals surface area contributed by atoms with Crippen LogP contribution in [0.15, 0.2) is 12.2 Å². The summed E-state index contributed by atoms with van der Waals surface area (Å²) in [6.45, 7) is 10.2. The zero-order valence-corrected chi connectivity index (χ0v) is 8.43. The first-order chi connectivity index (χ1) is 5.45. The highest BCUT2D eigenvalue weighted by molar-refractivity contribution is 5.04. The maximum atomic E-state index is 9.86. The van der Waals surface area contributed by atoms with Gasteiger partial charge in [0.2, 0.25) is 0 Å². The van der Waals surface area contributed by atoms with Crippen molar-refractivity contribution in [1.29, 1.82) is 0 Å². The van der Waals surface area contributed by atoms with E-state index in [9.17, 15) is 5.11 Å². The first-order valence-electron chi connectivity index (χ1n) is 4.78. The molecule has 0 radical (unpaired) electrons. The highest BCUT2D eigenvalue weighted by atomic mass is 16.3. The summed E-state index contributed by atoms with van der Waals surface area (Å²) < 4.78 is 0. The van der Waals surface area contributed by atoms with Gasteiger partial charge < -0.3 is 5.11 Å². The van der Waals surface area contributed by atoms with E-state index < -0.39 is 0 Å². The van der Waals surface area contributed by atoms with Crippen LogP contribution in [-0.2, 0) is 0 Å². The quantitative estimate of drug-likeness (QED) is 0.629. The first-order valence-corrected chi connectivity index (χ1v) is 4.78. The van der Waals surface area contributed by atoms with Crippen molar-refractivity contribution in [2.45, 2.75) is 46.1 Å². The SMILES string of the molecule is C=C(C)C(O)C1CCCC1(C)C. The van der Waals surface area contributed by atoms with E-state index in [1.807, 2.05) is 6.92 Å². The van der Waals surface area contributed by atoms with Crippen LogP contribution in [0.4, 0.5) is 0 Å². The van der Waals surface area contributed by atoms with Crippen LogP contribution in [0.5, 0.6) is 0 Å². The van der Waals surface area contributed by atoms with Crippen molar-refractivity contribution in [2.75, 3.05) is 0 Å². The Hall–Kier alpha value is -0.300. The molecule has 0 bridgehead atoms. The summed E-state index contributed by atoms with van der Waals surface area (Å²) in [5, 5.41) is 9.86. The van der Waals surface area contributed by atoms with Crippen molar-refractivity contribution in [3.05, 3.63) is 12.2 Å². The molecule has 0 spiro atoms. The molecule has 1 aliphatic carbocycles. The van der Waals surface area contributed by atoms with Gasteiger partial charge in [-0.05, 0) is 31.1 Å². The minimum Gasteiger partial charge on any atom is -0.388 e. The molecule has 1 heteroatoms. The van der Waals surface area contributed by atoms with E-state index in [0.29, 0.717) is 11.3 Å². The molecule has 0 aromatic carbocycles. The van der Waals surface area contributed by atoms with Crippen LogP contribution in [-0.4, -0.2) is 11.2 Å². The van der Waals surface area contributed by atoms with Crippen LogP contribution >= 0.6 is 0 Å². The molecule has 1 fully saturated rings. The average Bonchev–Trinajstić information content (AvgIpc) is 2.27. The van der Waals surface area contributed by atoms with Gasteiger partial charge in [0.05, 0.1) is 6.10 Å². The summed E-state index contributed by atoms with van der Waals surface area (Å²) in [6, 6.07) is 0. The van der Waals surface area contributed by atoms with Gasteiger partial charge in [-0.25, -0.2) is 0 Å². The predicted octanol–water partition coefficient (Wildman–Crippen LogP) is 2.75. The molecule has 12 heavy (non-hydrogen) atoms. The number of hydrogen-bond acceptors (Lipinski definition) is 1. The fourth-order valence-electron chi connectivity index (χ4n) is 2.28. The zero-order valence-electron chi connectivity index (χ0n) is 8.43. The fraction of sp³-hybridized carbons (Fsp3) is 0.818. The van der Waals surface area contributed by atoms with E-state index in [0.717, 1.165) is 12.0 Å². The summed E-state index contributed by atoms with van der Waals surface area (Å²) in [5.41, 5.74) is 1.22. The molecular weight excluding hydrogens is 148 g/mol. The van der Waals surface area contributed by atoms with Gasteiger partial charge >= 0.3 is 0 Å². The normalized spacial score (nSPS) is 30.2. The third-order valence-electron chi connectivity index (χ3n) is 3.23. The van der Waals surface area contributed by atoms with Crippen LogP contribution < -0.4 is 0 Å². The Labute approximate surface area is 75.5 Å². The van der Waals surface area contributed by atoms with Gasteiger partial charge in [-0.1, -0.05) is 32.4 Å². The van der Waals surface area contributed by atoms with E-state index in [-0.39, 0.29) is 6.10 Å². The molecule has 1 nitrogen and oxygen atoms in total. The van der Waals surface area contributed by atoms with Gasteiger partial charge in [0.1, 0.15) is 0 Å². The third kappa shape index (κ3) is 1.71. The van der Waals surface area contributed by atoms with Crippen LogP contribution in [0.1, 0.15) is 40.0 Å². The highest BCUT2D eigenvalue weighted by Crippen LogP contribution is 2.45. The van der Waals surface area contributed by atoms with Crippen molar-refractivity contribution >= 4 is 0 Å². The molecule has 1 aliphatic rings. The maximum Gasteiger partial charge on any atom is 0.0778 e. The average molecular weight is 168 g/mol. The number of rotatable bonds is 2. The van der Waals surface area contributed by atoms with Gasteiger partial charge in [0.25, 0.3) is 0 Å². The third-order valence-corrected chi connectivity index (χ3v) is 3.23. The lowest BCUT2D eigenvalue weighted by atomic mass is 9.77. The Balaban J connectivity index is 2.68. The molecule has 0 aliphatic heterocycles. The van der Waals surface area contributed by atoms with Gasteiger partial charge in [-0.3, -0.25) is 0 Å². The zero-order chi connectivity index (χ0) is 9.35. The Kier molecular flexibility index (Phi) is 2.62. The van der Waals surface area contributed by atoms with Crippen molar-refractivity contribution < 1.29 is 5.11 Å². The van der Waals surface area contributed by atoms with E-state index in [1.165, 1.54) is 12.8 Å². The molecule has 1 rings (SSSR count). The molecule has 2 unspecified atom stereocenters. The molecule has 2 atom stereocenters. The van der Waals surface area contributed by atoms with Gasteiger partial charge in [0, 0.05) is 0 Å². The van der Waals surface area contributed by atoms with Crippen molar-refractivity contribution in [1.82, 2.24) is 0 Å². The molecule has 0 amide bonds. The summed E-state index contributed by atoms with van der Waals surface area (Å²) in [7, 11) is 0. The molecule has 1 saturated carbocycles. The molecule has 0 aromatic rings. The lowest BCUT2D eigenvalue weighted by Crippen LogP contribution is -2.30.